The number of amides is 4. The van der Waals surface area contributed by atoms with Gasteiger partial charge in [-0.1, -0.05) is 23.7 Å². The average molecular weight is 517 g/mol. The molecule has 2 heterocycles. The number of hydrogen-bond donors (Lipinski definition) is 4. The third-order valence-electron chi connectivity index (χ3n) is 6.41. The lowest BCUT2D eigenvalue weighted by atomic mass is 10.0. The highest BCUT2D eigenvalue weighted by atomic mass is 32.2. The van der Waals surface area contributed by atoms with Crippen LogP contribution in [0.1, 0.15) is 48.9 Å². The van der Waals surface area contributed by atoms with Crippen LogP contribution in [0.25, 0.3) is 10.4 Å². The molecule has 1 aromatic carbocycles. The number of thioether (sulfide) groups is 1. The van der Waals surface area contributed by atoms with Crippen LogP contribution in [0.2, 0.25) is 0 Å². The van der Waals surface area contributed by atoms with Crippen LogP contribution in [-0.4, -0.2) is 79.1 Å². The molecule has 0 saturated carbocycles. The lowest BCUT2D eigenvalue weighted by Crippen LogP contribution is -2.36. The van der Waals surface area contributed by atoms with E-state index >= 15 is 0 Å². The molecule has 4 amide bonds. The second-order valence-electron chi connectivity index (χ2n) is 9.22. The smallest absolute Gasteiger partial charge is 0.315 e. The van der Waals surface area contributed by atoms with Gasteiger partial charge >= 0.3 is 6.03 Å². The minimum absolute atomic E-state index is 0.0564. The van der Waals surface area contributed by atoms with E-state index < -0.39 is 0 Å². The van der Waals surface area contributed by atoms with Crippen molar-refractivity contribution in [3.8, 4) is 0 Å². The largest absolute Gasteiger partial charge is 0.356 e. The van der Waals surface area contributed by atoms with E-state index in [4.69, 9.17) is 5.53 Å². The normalized spacial score (nSPS) is 20.3. The number of carbonyl (C=O) groups excluding carboxylic acids is 3. The van der Waals surface area contributed by atoms with Crippen LogP contribution < -0.4 is 21.3 Å². The summed E-state index contributed by atoms with van der Waals surface area (Å²) >= 11 is 1.91. The summed E-state index contributed by atoms with van der Waals surface area (Å²) < 4.78 is 0. The minimum Gasteiger partial charge on any atom is -0.356 e. The van der Waals surface area contributed by atoms with Gasteiger partial charge in [0.25, 0.3) is 5.91 Å². The predicted octanol–water partition coefficient (Wildman–Crippen LogP) is 2.91. The van der Waals surface area contributed by atoms with Gasteiger partial charge in [-0.3, -0.25) is 9.59 Å². The highest BCUT2D eigenvalue weighted by Crippen LogP contribution is 2.33. The number of unbranched alkanes of at least 4 members (excludes halogenated alkanes) is 1. The molecule has 2 aliphatic heterocycles. The third-order valence-corrected chi connectivity index (χ3v) is 7.92. The van der Waals surface area contributed by atoms with Crippen molar-refractivity contribution < 1.29 is 14.4 Å². The fourth-order valence-corrected chi connectivity index (χ4v) is 5.98. The number of rotatable bonds is 15. The summed E-state index contributed by atoms with van der Waals surface area (Å²) in [5.74, 6) is 0.912. The Balaban J connectivity index is 1.15. The zero-order chi connectivity index (χ0) is 25.8. The van der Waals surface area contributed by atoms with Gasteiger partial charge in [0.05, 0.1) is 12.1 Å². The molecule has 2 fully saturated rings. The second-order valence-corrected chi connectivity index (χ2v) is 10.5. The van der Waals surface area contributed by atoms with E-state index in [1.807, 2.05) is 18.8 Å². The quantitative estimate of drug-likeness (QED) is 0.0929. The molecular formula is C24H36N8O3S. The van der Waals surface area contributed by atoms with Crippen molar-refractivity contribution in [3.05, 3.63) is 40.3 Å². The van der Waals surface area contributed by atoms with E-state index in [2.05, 4.69) is 36.2 Å². The van der Waals surface area contributed by atoms with Crippen LogP contribution in [-0.2, 0) is 4.79 Å². The van der Waals surface area contributed by atoms with Gasteiger partial charge in [-0.05, 0) is 63.5 Å². The van der Waals surface area contributed by atoms with Gasteiger partial charge in [-0.25, -0.2) is 4.79 Å². The van der Waals surface area contributed by atoms with Crippen molar-refractivity contribution in [1.29, 1.82) is 0 Å². The van der Waals surface area contributed by atoms with Gasteiger partial charge in [0.15, 0.2) is 0 Å². The number of urea groups is 1. The monoisotopic (exact) mass is 516 g/mol. The number of hydrogen-bond acceptors (Lipinski definition) is 6. The van der Waals surface area contributed by atoms with E-state index in [-0.39, 0.29) is 29.9 Å². The summed E-state index contributed by atoms with van der Waals surface area (Å²) in [6.45, 7) is 2.95. The molecule has 3 atom stereocenters. The molecule has 11 nitrogen and oxygen atoms in total. The van der Waals surface area contributed by atoms with Gasteiger partial charge in [0, 0.05) is 46.7 Å². The van der Waals surface area contributed by atoms with Crippen LogP contribution in [0.3, 0.4) is 0 Å². The summed E-state index contributed by atoms with van der Waals surface area (Å²) in [5.41, 5.74) is 9.43. The molecular weight excluding hydrogens is 480 g/mol. The standard InChI is InChI=1S/C24H36N8O3S/c1-32(15-5-13-27-23(34)17-8-10-18(11-9-17)30-31-25)14-4-12-26-21(33)7-3-2-6-20-22-19(16-36-20)28-24(35)29-22/h8-11,19-20,22H,2-7,12-16H2,1H3,(H,26,33)(H,27,34)(H2,28,29,35)/t19-,20-,22-/m0/s1. The Labute approximate surface area is 216 Å². The minimum atomic E-state index is -0.152. The maximum absolute atomic E-state index is 12.2. The maximum atomic E-state index is 12.2. The molecule has 3 rings (SSSR count). The Morgan fingerprint density at radius 1 is 1.11 bits per heavy atom. The van der Waals surface area contributed by atoms with Crippen LogP contribution in [0.15, 0.2) is 29.4 Å². The first kappa shape index (κ1) is 27.6. The summed E-state index contributed by atoms with van der Waals surface area (Å²) in [4.78, 5) is 40.6. The number of fused-ring (bicyclic) bond motifs is 1. The molecule has 1 aromatic rings. The first-order chi connectivity index (χ1) is 17.5. The fraction of sp³-hybridized carbons (Fsp3) is 0.625. The number of nitrogens with one attached hydrogen (secondary N) is 4. The highest BCUT2D eigenvalue weighted by Gasteiger charge is 2.42. The van der Waals surface area contributed by atoms with E-state index in [1.54, 1.807) is 24.3 Å². The van der Waals surface area contributed by atoms with E-state index in [9.17, 15) is 14.4 Å². The average Bonchev–Trinajstić information content (AvgIpc) is 3.42. The van der Waals surface area contributed by atoms with Crippen LogP contribution in [0, 0.1) is 0 Å². The van der Waals surface area contributed by atoms with Gasteiger partial charge in [0.1, 0.15) is 0 Å². The van der Waals surface area contributed by atoms with E-state index in [0.717, 1.165) is 50.9 Å². The Bertz CT molecular complexity index is 938. The first-order valence-corrected chi connectivity index (χ1v) is 13.6. The lowest BCUT2D eigenvalue weighted by Gasteiger charge is -2.17. The topological polar surface area (TPSA) is 151 Å². The zero-order valence-electron chi connectivity index (χ0n) is 20.7. The molecule has 196 valence electrons. The number of nitrogens with zero attached hydrogens (tertiary/aromatic N) is 4. The van der Waals surface area contributed by atoms with Crippen LogP contribution in [0.4, 0.5) is 10.5 Å². The Kier molecular flexibility index (Phi) is 11.2. The Morgan fingerprint density at radius 3 is 2.56 bits per heavy atom. The molecule has 4 N–H and O–H groups in total. The predicted molar refractivity (Wildman–Crippen MR) is 141 cm³/mol. The van der Waals surface area contributed by atoms with Crippen molar-refractivity contribution in [2.75, 3.05) is 39.0 Å². The zero-order valence-corrected chi connectivity index (χ0v) is 21.6. The summed E-state index contributed by atoms with van der Waals surface area (Å²) in [5, 5.41) is 15.8. The molecule has 0 bridgehead atoms. The van der Waals surface area contributed by atoms with Crippen molar-refractivity contribution >= 4 is 35.3 Å². The summed E-state index contributed by atoms with van der Waals surface area (Å²) in [6.07, 6.45) is 5.12. The third kappa shape index (κ3) is 8.92. The van der Waals surface area contributed by atoms with Gasteiger partial charge in [0.2, 0.25) is 5.91 Å². The highest BCUT2D eigenvalue weighted by molar-refractivity contribution is 8.00. The van der Waals surface area contributed by atoms with Crippen molar-refractivity contribution in [2.24, 2.45) is 5.11 Å². The number of benzene rings is 1. The number of carbonyl (C=O) groups is 3. The van der Waals surface area contributed by atoms with Gasteiger partial charge < -0.3 is 26.2 Å². The molecule has 12 heteroatoms. The van der Waals surface area contributed by atoms with Gasteiger partial charge in [-0.15, -0.1) is 0 Å². The molecule has 0 aliphatic carbocycles. The Hall–Kier alpha value is -2.95. The Morgan fingerprint density at radius 2 is 1.83 bits per heavy atom. The van der Waals surface area contributed by atoms with E-state index in [1.165, 1.54) is 0 Å². The summed E-state index contributed by atoms with van der Waals surface area (Å²) in [7, 11) is 2.03. The first-order valence-electron chi connectivity index (χ1n) is 12.5. The molecule has 0 radical (unpaired) electrons. The SMILES string of the molecule is CN(CCCNC(=O)CCCC[C@@H]1SC[C@@H]2NC(=O)N[C@@H]21)CCCNC(=O)c1ccc(N=[N+]=[N-])cc1. The molecule has 2 aliphatic rings. The maximum Gasteiger partial charge on any atom is 0.315 e. The second kappa shape index (κ2) is 14.6. The molecule has 0 aromatic heterocycles. The van der Waals surface area contributed by atoms with Crippen LogP contribution >= 0.6 is 11.8 Å². The van der Waals surface area contributed by atoms with Crippen LogP contribution in [0.5, 0.6) is 0 Å². The summed E-state index contributed by atoms with van der Waals surface area (Å²) in [6, 6.07) is 6.92. The fourth-order valence-electron chi connectivity index (χ4n) is 4.44. The lowest BCUT2D eigenvalue weighted by molar-refractivity contribution is -0.121. The molecule has 0 spiro atoms. The molecule has 0 unspecified atom stereocenters. The van der Waals surface area contributed by atoms with Crippen molar-refractivity contribution in [3.63, 3.8) is 0 Å². The molecule has 36 heavy (non-hydrogen) atoms. The number of azide groups is 1. The van der Waals surface area contributed by atoms with Gasteiger partial charge in [-0.2, -0.15) is 11.8 Å². The van der Waals surface area contributed by atoms with E-state index in [0.29, 0.717) is 36.0 Å². The van der Waals surface area contributed by atoms with Crippen molar-refractivity contribution in [2.45, 2.75) is 55.9 Å². The van der Waals surface area contributed by atoms with Crippen molar-refractivity contribution in [1.82, 2.24) is 26.2 Å². The molecule has 2 saturated heterocycles.